The molecule has 18 heavy (non-hydrogen) atoms. The maximum atomic E-state index is 5.91. The van der Waals surface area contributed by atoms with Gasteiger partial charge < -0.3 is 10.5 Å². The molecule has 1 aromatic rings. The van der Waals surface area contributed by atoms with Crippen LogP contribution in [0.1, 0.15) is 64.1 Å². The zero-order valence-corrected chi connectivity index (χ0v) is 11.7. The molecule has 0 saturated heterocycles. The Labute approximate surface area is 111 Å². The maximum absolute atomic E-state index is 5.91. The first-order valence-electron chi connectivity index (χ1n) is 7.12. The van der Waals surface area contributed by atoms with E-state index >= 15 is 0 Å². The Morgan fingerprint density at radius 3 is 2.56 bits per heavy atom. The van der Waals surface area contributed by atoms with E-state index in [-0.39, 0.29) is 6.04 Å². The quantitative estimate of drug-likeness (QED) is 0.677. The Morgan fingerprint density at radius 1 is 1.17 bits per heavy atom. The van der Waals surface area contributed by atoms with Gasteiger partial charge in [0.2, 0.25) is 0 Å². The molecule has 0 aliphatic heterocycles. The lowest BCUT2D eigenvalue weighted by atomic mass is 10.1. The summed E-state index contributed by atoms with van der Waals surface area (Å²) in [7, 11) is 0. The molecule has 0 saturated carbocycles. The van der Waals surface area contributed by atoms with Gasteiger partial charge in [-0.2, -0.15) is 0 Å². The van der Waals surface area contributed by atoms with Crippen LogP contribution in [0.2, 0.25) is 0 Å². The van der Waals surface area contributed by atoms with Crippen molar-refractivity contribution in [2.45, 2.75) is 58.4 Å². The molecule has 3 nitrogen and oxygen atoms in total. The predicted molar refractivity (Wildman–Crippen MR) is 75.7 cm³/mol. The summed E-state index contributed by atoms with van der Waals surface area (Å²) in [5.41, 5.74) is 6.85. The molecule has 0 bridgehead atoms. The number of unbranched alkanes of at least 4 members (excludes halogenated alkanes) is 4. The number of hydrogen-bond acceptors (Lipinski definition) is 3. The summed E-state index contributed by atoms with van der Waals surface area (Å²) < 4.78 is 5.65. The highest BCUT2D eigenvalue weighted by Gasteiger charge is 2.04. The Hall–Kier alpha value is -1.09. The van der Waals surface area contributed by atoms with E-state index < -0.39 is 0 Å². The van der Waals surface area contributed by atoms with Crippen LogP contribution in [-0.4, -0.2) is 11.6 Å². The van der Waals surface area contributed by atoms with Crippen molar-refractivity contribution >= 4 is 0 Å². The summed E-state index contributed by atoms with van der Waals surface area (Å²) >= 11 is 0. The Bertz CT molecular complexity index is 311. The molecule has 102 valence electrons. The zero-order chi connectivity index (χ0) is 13.2. The van der Waals surface area contributed by atoms with Crippen molar-refractivity contribution in [2.75, 3.05) is 6.61 Å². The van der Waals surface area contributed by atoms with Gasteiger partial charge in [-0.15, -0.1) is 0 Å². The highest BCUT2D eigenvalue weighted by molar-refractivity contribution is 5.21. The van der Waals surface area contributed by atoms with Crippen LogP contribution in [-0.2, 0) is 0 Å². The number of aromatic nitrogens is 1. The van der Waals surface area contributed by atoms with E-state index in [9.17, 15) is 0 Å². The minimum absolute atomic E-state index is 0.0353. The second-order valence-corrected chi connectivity index (χ2v) is 4.70. The number of rotatable bonds is 9. The van der Waals surface area contributed by atoms with Crippen molar-refractivity contribution in [3.8, 4) is 5.75 Å². The first kappa shape index (κ1) is 15.0. The lowest BCUT2D eigenvalue weighted by molar-refractivity contribution is 0.303. The SMILES string of the molecule is CCCCCCCOc1ccc([C@H](N)CC)nc1. The molecule has 2 N–H and O–H groups in total. The number of nitrogens with zero attached hydrogens (tertiary/aromatic N) is 1. The lowest BCUT2D eigenvalue weighted by Gasteiger charge is -2.09. The topological polar surface area (TPSA) is 48.1 Å². The van der Waals surface area contributed by atoms with Crippen LogP contribution in [0, 0.1) is 0 Å². The molecular weight excluding hydrogens is 224 g/mol. The zero-order valence-electron chi connectivity index (χ0n) is 11.7. The molecular formula is C15H26N2O. The normalized spacial score (nSPS) is 12.4. The smallest absolute Gasteiger partial charge is 0.137 e. The van der Waals surface area contributed by atoms with Gasteiger partial charge in [-0.05, 0) is 25.0 Å². The third-order valence-corrected chi connectivity index (χ3v) is 3.10. The van der Waals surface area contributed by atoms with E-state index in [0.717, 1.165) is 30.9 Å². The summed E-state index contributed by atoms with van der Waals surface area (Å²) in [5.74, 6) is 0.845. The number of ether oxygens (including phenoxy) is 1. The summed E-state index contributed by atoms with van der Waals surface area (Å²) in [6.07, 6.45) is 8.97. The van der Waals surface area contributed by atoms with Gasteiger partial charge in [0.15, 0.2) is 0 Å². The minimum atomic E-state index is 0.0353. The van der Waals surface area contributed by atoms with E-state index in [1.807, 2.05) is 12.1 Å². The van der Waals surface area contributed by atoms with Crippen LogP contribution in [0.3, 0.4) is 0 Å². The van der Waals surface area contributed by atoms with Gasteiger partial charge in [-0.3, -0.25) is 4.98 Å². The molecule has 3 heteroatoms. The predicted octanol–water partition coefficient (Wildman–Crippen LogP) is 3.84. The van der Waals surface area contributed by atoms with Crippen molar-refractivity contribution in [2.24, 2.45) is 5.73 Å². The fourth-order valence-electron chi connectivity index (χ4n) is 1.80. The van der Waals surface area contributed by atoms with E-state index in [1.165, 1.54) is 25.7 Å². The molecule has 1 rings (SSSR count). The Balaban J connectivity index is 2.22. The van der Waals surface area contributed by atoms with Crippen molar-refractivity contribution in [3.05, 3.63) is 24.0 Å². The maximum Gasteiger partial charge on any atom is 0.137 e. The molecule has 1 atom stereocenters. The first-order valence-corrected chi connectivity index (χ1v) is 7.12. The number of nitrogens with two attached hydrogens (primary N) is 1. The highest BCUT2D eigenvalue weighted by Crippen LogP contribution is 2.15. The molecule has 0 aliphatic rings. The van der Waals surface area contributed by atoms with Crippen LogP contribution >= 0.6 is 0 Å². The third-order valence-electron chi connectivity index (χ3n) is 3.10. The summed E-state index contributed by atoms with van der Waals surface area (Å²) in [4.78, 5) is 4.33. The molecule has 1 aromatic heterocycles. The van der Waals surface area contributed by atoms with Gasteiger partial charge >= 0.3 is 0 Å². The van der Waals surface area contributed by atoms with Crippen molar-refractivity contribution < 1.29 is 4.74 Å². The molecule has 0 aromatic carbocycles. The average Bonchev–Trinajstić information content (AvgIpc) is 2.42. The molecule has 0 fully saturated rings. The standard InChI is InChI=1S/C15H26N2O/c1-3-5-6-7-8-11-18-13-9-10-15(17-12-13)14(16)4-2/h9-10,12,14H,3-8,11,16H2,1-2H3/t14-/m1/s1. The van der Waals surface area contributed by atoms with E-state index in [0.29, 0.717) is 0 Å². The van der Waals surface area contributed by atoms with Gasteiger partial charge in [-0.1, -0.05) is 39.5 Å². The lowest BCUT2D eigenvalue weighted by Crippen LogP contribution is -2.10. The van der Waals surface area contributed by atoms with E-state index in [2.05, 4.69) is 18.8 Å². The minimum Gasteiger partial charge on any atom is -0.492 e. The molecule has 0 unspecified atom stereocenters. The molecule has 0 spiro atoms. The van der Waals surface area contributed by atoms with Crippen LogP contribution in [0.15, 0.2) is 18.3 Å². The number of hydrogen-bond donors (Lipinski definition) is 1. The van der Waals surface area contributed by atoms with Crippen molar-refractivity contribution in [1.29, 1.82) is 0 Å². The van der Waals surface area contributed by atoms with E-state index in [1.54, 1.807) is 6.20 Å². The summed E-state index contributed by atoms with van der Waals surface area (Å²) in [6, 6.07) is 3.96. The van der Waals surface area contributed by atoms with Gasteiger partial charge in [0.05, 0.1) is 18.5 Å². The molecule has 0 amide bonds. The molecule has 1 heterocycles. The van der Waals surface area contributed by atoms with Crippen LogP contribution in [0.4, 0.5) is 0 Å². The molecule has 0 radical (unpaired) electrons. The first-order chi connectivity index (χ1) is 8.77. The largest absolute Gasteiger partial charge is 0.492 e. The molecule has 0 aliphatic carbocycles. The average molecular weight is 250 g/mol. The van der Waals surface area contributed by atoms with Crippen LogP contribution in [0.5, 0.6) is 5.75 Å². The van der Waals surface area contributed by atoms with Crippen LogP contribution < -0.4 is 10.5 Å². The van der Waals surface area contributed by atoms with Gasteiger partial charge in [0.25, 0.3) is 0 Å². The second kappa shape index (κ2) is 8.92. The fraction of sp³-hybridized carbons (Fsp3) is 0.667. The third kappa shape index (κ3) is 5.50. The summed E-state index contributed by atoms with van der Waals surface area (Å²) in [6.45, 7) is 5.07. The highest BCUT2D eigenvalue weighted by atomic mass is 16.5. The van der Waals surface area contributed by atoms with Gasteiger partial charge in [-0.25, -0.2) is 0 Å². The Kier molecular flexibility index (Phi) is 7.42. The number of pyridine rings is 1. The van der Waals surface area contributed by atoms with E-state index in [4.69, 9.17) is 10.5 Å². The fourth-order valence-corrected chi connectivity index (χ4v) is 1.80. The Morgan fingerprint density at radius 2 is 1.94 bits per heavy atom. The monoisotopic (exact) mass is 250 g/mol. The van der Waals surface area contributed by atoms with Crippen LogP contribution in [0.25, 0.3) is 0 Å². The van der Waals surface area contributed by atoms with Gasteiger partial charge in [0.1, 0.15) is 5.75 Å². The van der Waals surface area contributed by atoms with Crippen molar-refractivity contribution in [1.82, 2.24) is 4.98 Å². The summed E-state index contributed by atoms with van der Waals surface area (Å²) in [5, 5.41) is 0. The van der Waals surface area contributed by atoms with Gasteiger partial charge in [0, 0.05) is 6.04 Å². The van der Waals surface area contributed by atoms with Crippen molar-refractivity contribution in [3.63, 3.8) is 0 Å². The second-order valence-electron chi connectivity index (χ2n) is 4.70.